The molecule has 0 aliphatic heterocycles. The number of anilines is 1. The molecule has 0 spiro atoms. The van der Waals surface area contributed by atoms with Crippen molar-refractivity contribution < 1.29 is 5.11 Å². The fourth-order valence-corrected chi connectivity index (χ4v) is 2.60. The molecule has 2 unspecified atom stereocenters. The molecule has 1 aliphatic rings. The van der Waals surface area contributed by atoms with Gasteiger partial charge in [-0.2, -0.15) is 0 Å². The van der Waals surface area contributed by atoms with Gasteiger partial charge in [0, 0.05) is 19.3 Å². The summed E-state index contributed by atoms with van der Waals surface area (Å²) in [7, 11) is 2.09. The zero-order valence-corrected chi connectivity index (χ0v) is 10.3. The van der Waals surface area contributed by atoms with E-state index in [4.69, 9.17) is 0 Å². The van der Waals surface area contributed by atoms with Crippen LogP contribution in [-0.2, 0) is 0 Å². The maximum Gasteiger partial charge on any atom is 0.185 e. The molecule has 15 heavy (non-hydrogen) atoms. The van der Waals surface area contributed by atoms with Crippen molar-refractivity contribution in [3.63, 3.8) is 0 Å². The first-order valence-corrected chi connectivity index (χ1v) is 6.28. The second kappa shape index (κ2) is 4.10. The van der Waals surface area contributed by atoms with Crippen LogP contribution in [0.1, 0.15) is 37.7 Å². The van der Waals surface area contributed by atoms with Crippen LogP contribution < -0.4 is 4.90 Å². The van der Waals surface area contributed by atoms with Gasteiger partial charge in [0.15, 0.2) is 5.13 Å². The van der Waals surface area contributed by atoms with E-state index in [1.54, 1.807) is 24.5 Å². The topological polar surface area (TPSA) is 36.4 Å². The molecule has 1 aromatic heterocycles. The Hall–Kier alpha value is -0.610. The van der Waals surface area contributed by atoms with Crippen molar-refractivity contribution in [3.05, 3.63) is 11.1 Å². The minimum atomic E-state index is -0.402. The van der Waals surface area contributed by atoms with E-state index < -0.39 is 6.10 Å². The molecule has 1 fully saturated rings. The van der Waals surface area contributed by atoms with Gasteiger partial charge in [-0.25, -0.2) is 4.98 Å². The first kappa shape index (κ1) is 10.9. The Bertz CT molecular complexity index is 333. The summed E-state index contributed by atoms with van der Waals surface area (Å²) >= 11 is 1.59. The Morgan fingerprint density at radius 2 is 2.20 bits per heavy atom. The van der Waals surface area contributed by atoms with Crippen molar-refractivity contribution in [2.24, 2.45) is 5.92 Å². The van der Waals surface area contributed by atoms with Crippen molar-refractivity contribution >= 4 is 16.5 Å². The van der Waals surface area contributed by atoms with Crippen LogP contribution in [-0.4, -0.2) is 23.2 Å². The largest absolute Gasteiger partial charge is 0.388 e. The van der Waals surface area contributed by atoms with E-state index >= 15 is 0 Å². The molecule has 0 amide bonds. The van der Waals surface area contributed by atoms with E-state index in [0.29, 0.717) is 6.04 Å². The van der Waals surface area contributed by atoms with Gasteiger partial charge in [-0.15, -0.1) is 0 Å². The van der Waals surface area contributed by atoms with Crippen LogP contribution >= 0.6 is 11.3 Å². The molecule has 0 saturated heterocycles. The smallest absolute Gasteiger partial charge is 0.185 e. The molecule has 1 N–H and O–H groups in total. The number of hydrogen-bond acceptors (Lipinski definition) is 4. The zero-order chi connectivity index (χ0) is 11.0. The second-order valence-corrected chi connectivity index (χ2v) is 5.45. The summed E-state index contributed by atoms with van der Waals surface area (Å²) in [5.41, 5.74) is 0. The Kier molecular flexibility index (Phi) is 2.98. The van der Waals surface area contributed by atoms with Crippen molar-refractivity contribution in [3.8, 4) is 0 Å². The fraction of sp³-hybridized carbons (Fsp3) is 0.727. The molecule has 0 radical (unpaired) electrons. The molecule has 1 aliphatic carbocycles. The van der Waals surface area contributed by atoms with Gasteiger partial charge >= 0.3 is 0 Å². The number of aliphatic hydroxyl groups is 1. The summed E-state index contributed by atoms with van der Waals surface area (Å²) in [4.78, 5) is 7.53. The summed E-state index contributed by atoms with van der Waals surface area (Å²) in [6.45, 7) is 4.03. The van der Waals surface area contributed by atoms with E-state index in [-0.39, 0.29) is 0 Å². The number of aliphatic hydroxyl groups excluding tert-OH is 1. The highest BCUT2D eigenvalue weighted by molar-refractivity contribution is 7.15. The molecule has 2 rings (SSSR count). The van der Waals surface area contributed by atoms with Crippen LogP contribution in [0.2, 0.25) is 0 Å². The lowest BCUT2D eigenvalue weighted by molar-refractivity contribution is 0.203. The lowest BCUT2D eigenvalue weighted by atomic mass is 10.2. The van der Waals surface area contributed by atoms with E-state index in [0.717, 1.165) is 15.9 Å². The summed E-state index contributed by atoms with van der Waals surface area (Å²) in [5.74, 6) is 0.842. The SMILES string of the molecule is CC(O)c1cnc(N(C)C(C)C2CC2)s1. The lowest BCUT2D eigenvalue weighted by Crippen LogP contribution is -2.30. The van der Waals surface area contributed by atoms with Gasteiger partial charge in [0.25, 0.3) is 0 Å². The van der Waals surface area contributed by atoms with Gasteiger partial charge < -0.3 is 10.0 Å². The average molecular weight is 226 g/mol. The van der Waals surface area contributed by atoms with Gasteiger partial charge in [0.1, 0.15) is 0 Å². The minimum absolute atomic E-state index is 0.402. The Morgan fingerprint density at radius 3 is 2.67 bits per heavy atom. The predicted octanol–water partition coefficient (Wildman–Crippen LogP) is 2.43. The number of nitrogens with zero attached hydrogens (tertiary/aromatic N) is 2. The molecule has 1 saturated carbocycles. The molecule has 2 atom stereocenters. The first-order chi connectivity index (χ1) is 7.09. The lowest BCUT2D eigenvalue weighted by Gasteiger charge is -2.23. The summed E-state index contributed by atoms with van der Waals surface area (Å²) in [5, 5.41) is 10.4. The van der Waals surface area contributed by atoms with Crippen LogP contribution in [0.3, 0.4) is 0 Å². The average Bonchev–Trinajstić information content (AvgIpc) is 2.93. The molecule has 1 aromatic rings. The van der Waals surface area contributed by atoms with Crippen LogP contribution in [0.25, 0.3) is 0 Å². The normalized spacial score (nSPS) is 20.0. The highest BCUT2D eigenvalue weighted by Gasteiger charge is 2.31. The molecule has 1 heterocycles. The van der Waals surface area contributed by atoms with E-state index in [1.807, 2.05) is 0 Å². The van der Waals surface area contributed by atoms with Crippen molar-refractivity contribution in [2.45, 2.75) is 38.8 Å². The summed E-state index contributed by atoms with van der Waals surface area (Å²) in [6, 6.07) is 0.568. The van der Waals surface area contributed by atoms with Gasteiger partial charge in [0.2, 0.25) is 0 Å². The Balaban J connectivity index is 2.07. The fourth-order valence-electron chi connectivity index (χ4n) is 1.70. The third-order valence-electron chi connectivity index (χ3n) is 3.14. The van der Waals surface area contributed by atoms with Gasteiger partial charge in [-0.1, -0.05) is 11.3 Å². The van der Waals surface area contributed by atoms with Crippen LogP contribution in [0.15, 0.2) is 6.20 Å². The number of hydrogen-bond donors (Lipinski definition) is 1. The number of aromatic nitrogens is 1. The van der Waals surface area contributed by atoms with E-state index in [1.165, 1.54) is 12.8 Å². The second-order valence-electron chi connectivity index (χ2n) is 4.41. The molecule has 0 aromatic carbocycles. The molecule has 0 bridgehead atoms. The quantitative estimate of drug-likeness (QED) is 0.856. The van der Waals surface area contributed by atoms with Gasteiger partial charge in [-0.3, -0.25) is 0 Å². The van der Waals surface area contributed by atoms with Gasteiger partial charge in [-0.05, 0) is 32.6 Å². The van der Waals surface area contributed by atoms with Crippen LogP contribution in [0.5, 0.6) is 0 Å². The Morgan fingerprint density at radius 1 is 1.53 bits per heavy atom. The van der Waals surface area contributed by atoms with Crippen molar-refractivity contribution in [1.29, 1.82) is 0 Å². The molecule has 4 heteroatoms. The van der Waals surface area contributed by atoms with Crippen LogP contribution in [0, 0.1) is 5.92 Å². The first-order valence-electron chi connectivity index (χ1n) is 5.46. The summed E-state index contributed by atoms with van der Waals surface area (Å²) < 4.78 is 0. The third kappa shape index (κ3) is 2.32. The van der Waals surface area contributed by atoms with Crippen molar-refractivity contribution in [1.82, 2.24) is 4.98 Å². The monoisotopic (exact) mass is 226 g/mol. The number of thiazole rings is 1. The zero-order valence-electron chi connectivity index (χ0n) is 9.47. The van der Waals surface area contributed by atoms with Crippen LogP contribution in [0.4, 0.5) is 5.13 Å². The van der Waals surface area contributed by atoms with Gasteiger partial charge in [0.05, 0.1) is 11.0 Å². The Labute approximate surface area is 94.8 Å². The molecular weight excluding hydrogens is 208 g/mol. The van der Waals surface area contributed by atoms with E-state index in [2.05, 4.69) is 23.9 Å². The third-order valence-corrected chi connectivity index (χ3v) is 4.40. The molecule has 84 valence electrons. The van der Waals surface area contributed by atoms with Crippen molar-refractivity contribution in [2.75, 3.05) is 11.9 Å². The molecule has 3 nitrogen and oxygen atoms in total. The van der Waals surface area contributed by atoms with E-state index in [9.17, 15) is 5.11 Å². The highest BCUT2D eigenvalue weighted by atomic mass is 32.1. The minimum Gasteiger partial charge on any atom is -0.388 e. The molecular formula is C11H18N2OS. The number of rotatable bonds is 4. The predicted molar refractivity (Wildman–Crippen MR) is 63.3 cm³/mol. The standard InChI is InChI=1S/C11H18N2OS/c1-7(9-4-5-9)13(3)11-12-6-10(15-11)8(2)14/h6-9,14H,4-5H2,1-3H3. The maximum absolute atomic E-state index is 9.43. The maximum atomic E-state index is 9.43. The summed E-state index contributed by atoms with van der Waals surface area (Å²) in [6.07, 6.45) is 4.07. The highest BCUT2D eigenvalue weighted by Crippen LogP contribution is 2.37.